The van der Waals surface area contributed by atoms with Crippen LogP contribution in [-0.2, 0) is 18.8 Å². The number of nitrogens with zero attached hydrogens (tertiary/aromatic N) is 1. The second-order valence-corrected chi connectivity index (χ2v) is 9.93. The van der Waals surface area contributed by atoms with Gasteiger partial charge in [-0.1, -0.05) is 36.4 Å². The van der Waals surface area contributed by atoms with Crippen molar-refractivity contribution in [3.63, 3.8) is 0 Å². The molecule has 0 saturated carbocycles. The van der Waals surface area contributed by atoms with E-state index in [1.807, 2.05) is 30.3 Å². The lowest BCUT2D eigenvalue weighted by Gasteiger charge is -2.32. The predicted octanol–water partition coefficient (Wildman–Crippen LogP) is 8.30. The van der Waals surface area contributed by atoms with E-state index in [-0.39, 0.29) is 17.3 Å². The van der Waals surface area contributed by atoms with Crippen molar-refractivity contribution in [2.75, 3.05) is 26.7 Å². The number of ether oxygens (including phenoxy) is 1. The molecule has 206 valence electrons. The molecule has 1 aromatic heterocycles. The highest BCUT2D eigenvalue weighted by Crippen LogP contribution is 2.41. The number of fused-ring (bicyclic) bond motifs is 1. The summed E-state index contributed by atoms with van der Waals surface area (Å²) in [6.07, 6.45) is -7.47. The van der Waals surface area contributed by atoms with E-state index in [0.717, 1.165) is 49.2 Å². The number of rotatable bonds is 6. The van der Waals surface area contributed by atoms with Gasteiger partial charge in [-0.2, -0.15) is 26.3 Å². The van der Waals surface area contributed by atoms with E-state index in [1.165, 1.54) is 5.56 Å². The molecule has 0 amide bonds. The Balaban J connectivity index is 1.41. The van der Waals surface area contributed by atoms with Crippen LogP contribution in [0.15, 0.2) is 66.7 Å². The molecule has 0 atom stereocenters. The number of nitrogens with one attached hydrogen (secondary N) is 1. The molecule has 3 nitrogen and oxygen atoms in total. The Bertz CT molecular complexity index is 1420. The minimum absolute atomic E-state index is 0.127. The van der Waals surface area contributed by atoms with Gasteiger partial charge in [-0.25, -0.2) is 0 Å². The maximum Gasteiger partial charge on any atom is 0.416 e. The number of H-pyrrole nitrogens is 1. The molecule has 1 aliphatic heterocycles. The first-order valence-electron chi connectivity index (χ1n) is 12.8. The molecule has 4 aromatic rings. The van der Waals surface area contributed by atoms with Crippen LogP contribution in [0.4, 0.5) is 26.3 Å². The molecule has 0 spiro atoms. The highest BCUT2D eigenvalue weighted by atomic mass is 19.4. The fourth-order valence-corrected chi connectivity index (χ4v) is 5.55. The first-order valence-corrected chi connectivity index (χ1v) is 12.8. The minimum Gasteiger partial charge on any atom is -0.496 e. The molecule has 2 heterocycles. The van der Waals surface area contributed by atoms with Gasteiger partial charge in [-0.15, -0.1) is 0 Å². The number of likely N-dealkylation sites (tertiary alicyclic amines) is 1. The Morgan fingerprint density at radius 3 is 2.10 bits per heavy atom. The normalized spacial score (nSPS) is 15.7. The van der Waals surface area contributed by atoms with E-state index < -0.39 is 23.5 Å². The van der Waals surface area contributed by atoms with Crippen molar-refractivity contribution in [2.45, 2.75) is 37.5 Å². The van der Waals surface area contributed by atoms with Crippen LogP contribution in [0.3, 0.4) is 0 Å². The quantitative estimate of drug-likeness (QED) is 0.247. The molecule has 1 saturated heterocycles. The zero-order valence-electron chi connectivity index (χ0n) is 21.3. The van der Waals surface area contributed by atoms with Crippen molar-refractivity contribution in [1.29, 1.82) is 0 Å². The summed E-state index contributed by atoms with van der Waals surface area (Å²) in [5.74, 6) is 1.24. The lowest BCUT2D eigenvalue weighted by Crippen LogP contribution is -2.34. The van der Waals surface area contributed by atoms with Crippen molar-refractivity contribution in [3.8, 4) is 17.0 Å². The Labute approximate surface area is 222 Å². The highest BCUT2D eigenvalue weighted by molar-refractivity contribution is 5.91. The summed E-state index contributed by atoms with van der Waals surface area (Å²) in [4.78, 5) is 5.40. The zero-order chi connectivity index (χ0) is 27.8. The SMILES string of the molecule is COc1ccccc1C1CCN(CCc2c(-c3cc(C(F)(F)F)cc(C(F)(F)F)c3)[nH]c3ccccc23)CC1. The number of benzene rings is 3. The number of alkyl halides is 6. The summed E-state index contributed by atoms with van der Waals surface area (Å²) in [5.41, 5.74) is 0.0810. The second kappa shape index (κ2) is 10.6. The Hall–Kier alpha value is -3.46. The number of hydrogen-bond acceptors (Lipinski definition) is 2. The molecule has 1 aliphatic rings. The molecule has 0 radical (unpaired) electrons. The lowest BCUT2D eigenvalue weighted by molar-refractivity contribution is -0.143. The molecule has 0 aliphatic carbocycles. The number of hydrogen-bond donors (Lipinski definition) is 1. The number of aromatic amines is 1. The first-order chi connectivity index (χ1) is 18.5. The Kier molecular flexibility index (Phi) is 7.37. The van der Waals surface area contributed by atoms with Crippen LogP contribution in [0.25, 0.3) is 22.2 Å². The van der Waals surface area contributed by atoms with Crippen molar-refractivity contribution >= 4 is 10.9 Å². The van der Waals surface area contributed by atoms with Gasteiger partial charge in [0.1, 0.15) is 5.75 Å². The minimum atomic E-state index is -4.91. The fraction of sp³-hybridized carbons (Fsp3) is 0.333. The van der Waals surface area contributed by atoms with E-state index in [0.29, 0.717) is 30.0 Å². The van der Waals surface area contributed by atoms with Crippen LogP contribution in [0.1, 0.15) is 41.0 Å². The van der Waals surface area contributed by atoms with E-state index >= 15 is 0 Å². The van der Waals surface area contributed by atoms with E-state index in [4.69, 9.17) is 4.74 Å². The van der Waals surface area contributed by atoms with Gasteiger partial charge in [-0.05, 0) is 85.3 Å². The summed E-state index contributed by atoms with van der Waals surface area (Å²) in [6, 6.07) is 17.0. The molecule has 1 fully saturated rings. The van der Waals surface area contributed by atoms with Gasteiger partial charge in [-0.3, -0.25) is 0 Å². The maximum absolute atomic E-state index is 13.6. The lowest BCUT2D eigenvalue weighted by atomic mass is 9.88. The molecule has 39 heavy (non-hydrogen) atoms. The molecule has 3 aromatic carbocycles. The van der Waals surface area contributed by atoms with Crippen LogP contribution in [-0.4, -0.2) is 36.6 Å². The zero-order valence-corrected chi connectivity index (χ0v) is 21.3. The topological polar surface area (TPSA) is 28.3 Å². The largest absolute Gasteiger partial charge is 0.496 e. The standard InChI is InChI=1S/C30H28F6N2O/c1-39-27-9-5-3-6-23(27)19-10-13-38(14-11-19)15-12-25-24-7-2-4-8-26(24)37-28(25)20-16-21(29(31,32)33)18-22(17-20)30(34,35)36/h2-9,16-19,37H,10-15H2,1H3. The predicted molar refractivity (Wildman–Crippen MR) is 139 cm³/mol. The second-order valence-electron chi connectivity index (χ2n) is 9.93. The third kappa shape index (κ3) is 5.78. The van der Waals surface area contributed by atoms with Gasteiger partial charge in [0.25, 0.3) is 0 Å². The molecular weight excluding hydrogens is 518 g/mol. The summed E-state index contributed by atoms with van der Waals surface area (Å²) < 4.78 is 86.9. The van der Waals surface area contributed by atoms with Gasteiger partial charge in [0.15, 0.2) is 0 Å². The number of para-hydroxylation sites is 2. The average Bonchev–Trinajstić information content (AvgIpc) is 3.29. The number of piperidine rings is 1. The summed E-state index contributed by atoms with van der Waals surface area (Å²) in [5, 5.41) is 0.794. The summed E-state index contributed by atoms with van der Waals surface area (Å²) in [6.45, 7) is 2.31. The van der Waals surface area contributed by atoms with Gasteiger partial charge < -0.3 is 14.6 Å². The van der Waals surface area contributed by atoms with Crippen LogP contribution in [0.2, 0.25) is 0 Å². The van der Waals surface area contributed by atoms with Gasteiger partial charge >= 0.3 is 12.4 Å². The average molecular weight is 547 g/mol. The Morgan fingerprint density at radius 2 is 1.46 bits per heavy atom. The maximum atomic E-state index is 13.6. The van der Waals surface area contributed by atoms with Crippen LogP contribution in [0.5, 0.6) is 5.75 Å². The molecule has 0 bridgehead atoms. The van der Waals surface area contributed by atoms with Crippen molar-refractivity contribution in [3.05, 3.63) is 89.0 Å². The van der Waals surface area contributed by atoms with Crippen LogP contribution in [0, 0.1) is 0 Å². The van der Waals surface area contributed by atoms with Crippen molar-refractivity contribution in [2.24, 2.45) is 0 Å². The molecule has 9 heteroatoms. The van der Waals surface area contributed by atoms with Gasteiger partial charge in [0.05, 0.1) is 18.2 Å². The van der Waals surface area contributed by atoms with E-state index in [1.54, 1.807) is 19.2 Å². The Morgan fingerprint density at radius 1 is 0.846 bits per heavy atom. The van der Waals surface area contributed by atoms with E-state index in [9.17, 15) is 26.3 Å². The van der Waals surface area contributed by atoms with Crippen LogP contribution < -0.4 is 4.74 Å². The fourth-order valence-electron chi connectivity index (χ4n) is 5.55. The number of methoxy groups -OCH3 is 1. The van der Waals surface area contributed by atoms with Gasteiger partial charge in [0, 0.05) is 23.1 Å². The smallest absolute Gasteiger partial charge is 0.416 e. The third-order valence-electron chi connectivity index (χ3n) is 7.53. The van der Waals surface area contributed by atoms with Gasteiger partial charge in [0.2, 0.25) is 0 Å². The number of aromatic nitrogens is 1. The van der Waals surface area contributed by atoms with Crippen LogP contribution >= 0.6 is 0 Å². The van der Waals surface area contributed by atoms with Crippen molar-refractivity contribution < 1.29 is 31.1 Å². The molecule has 0 unspecified atom stereocenters. The third-order valence-corrected chi connectivity index (χ3v) is 7.53. The highest BCUT2D eigenvalue weighted by Gasteiger charge is 2.37. The molecule has 5 rings (SSSR count). The monoisotopic (exact) mass is 546 g/mol. The first kappa shape index (κ1) is 27.1. The summed E-state index contributed by atoms with van der Waals surface area (Å²) >= 11 is 0. The van der Waals surface area contributed by atoms with E-state index in [2.05, 4.69) is 16.0 Å². The molecular formula is C30H28F6N2O. The summed E-state index contributed by atoms with van der Waals surface area (Å²) in [7, 11) is 1.66. The number of halogens is 6. The molecule has 1 N–H and O–H groups in total. The van der Waals surface area contributed by atoms with Crippen molar-refractivity contribution in [1.82, 2.24) is 9.88 Å².